The highest BCUT2D eigenvalue weighted by molar-refractivity contribution is 6.38. The number of aryl methyl sites for hydroxylation is 1. The van der Waals surface area contributed by atoms with E-state index in [9.17, 15) is 14.9 Å². The van der Waals surface area contributed by atoms with E-state index < -0.39 is 10.9 Å². The third kappa shape index (κ3) is 1.80. The molecule has 0 fully saturated rings. The van der Waals surface area contributed by atoms with Crippen LogP contribution < -0.4 is 0 Å². The summed E-state index contributed by atoms with van der Waals surface area (Å²) in [4.78, 5) is 21.8. The van der Waals surface area contributed by atoms with E-state index in [2.05, 4.69) is 4.74 Å². The number of carbonyl (C=O) groups is 1. The van der Waals surface area contributed by atoms with Crippen LogP contribution in [0.4, 0.5) is 5.69 Å². The van der Waals surface area contributed by atoms with Crippen LogP contribution in [-0.2, 0) is 4.74 Å². The van der Waals surface area contributed by atoms with E-state index >= 15 is 0 Å². The van der Waals surface area contributed by atoms with Gasteiger partial charge in [0.25, 0.3) is 5.69 Å². The molecular weight excluding hydrogens is 262 g/mol. The average Bonchev–Trinajstić information content (AvgIpc) is 2.70. The second kappa shape index (κ2) is 4.30. The molecule has 0 unspecified atom stereocenters. The molecule has 0 aliphatic rings. The van der Waals surface area contributed by atoms with E-state index in [1.54, 1.807) is 6.92 Å². The predicted molar refractivity (Wildman–Crippen MR) is 64.0 cm³/mol. The summed E-state index contributed by atoms with van der Waals surface area (Å²) in [5.74, 6) is -0.216. The van der Waals surface area contributed by atoms with Crippen molar-refractivity contribution in [2.75, 3.05) is 7.11 Å². The van der Waals surface area contributed by atoms with Crippen LogP contribution >= 0.6 is 11.6 Å². The Labute approximate surface area is 106 Å². The van der Waals surface area contributed by atoms with Crippen LogP contribution in [0.1, 0.15) is 16.1 Å². The fourth-order valence-corrected chi connectivity index (χ4v) is 1.94. The van der Waals surface area contributed by atoms with Crippen molar-refractivity contribution in [2.24, 2.45) is 0 Å². The quantitative estimate of drug-likeness (QED) is 0.475. The van der Waals surface area contributed by atoms with E-state index in [4.69, 9.17) is 16.0 Å². The van der Waals surface area contributed by atoms with Gasteiger partial charge in [-0.1, -0.05) is 11.6 Å². The maximum Gasteiger partial charge on any atom is 0.341 e. The van der Waals surface area contributed by atoms with Gasteiger partial charge in [0, 0.05) is 11.5 Å². The smallest absolute Gasteiger partial charge is 0.341 e. The van der Waals surface area contributed by atoms with Gasteiger partial charge in [-0.2, -0.15) is 0 Å². The summed E-state index contributed by atoms with van der Waals surface area (Å²) in [5.41, 5.74) is -0.183. The van der Waals surface area contributed by atoms with Gasteiger partial charge in [0.1, 0.15) is 16.3 Å². The van der Waals surface area contributed by atoms with E-state index in [1.807, 2.05) is 0 Å². The molecule has 0 N–H and O–H groups in total. The third-order valence-electron chi connectivity index (χ3n) is 2.44. The van der Waals surface area contributed by atoms with Crippen molar-refractivity contribution in [1.82, 2.24) is 0 Å². The topological polar surface area (TPSA) is 82.6 Å². The Bertz CT molecular complexity index is 661. The Morgan fingerprint density at radius 1 is 1.50 bits per heavy atom. The lowest BCUT2D eigenvalue weighted by Crippen LogP contribution is -2.03. The van der Waals surface area contributed by atoms with Crippen LogP contribution in [0.15, 0.2) is 16.5 Å². The molecule has 1 aromatic carbocycles. The summed E-state index contributed by atoms with van der Waals surface area (Å²) in [6.07, 6.45) is 0. The number of fused-ring (bicyclic) bond motifs is 1. The van der Waals surface area contributed by atoms with E-state index in [-0.39, 0.29) is 21.9 Å². The highest BCUT2D eigenvalue weighted by Gasteiger charge is 2.25. The van der Waals surface area contributed by atoms with Crippen molar-refractivity contribution >= 4 is 34.2 Å². The summed E-state index contributed by atoms with van der Waals surface area (Å²) in [6, 6.07) is 2.59. The number of esters is 1. The number of nitrogens with zero attached hydrogens (tertiary/aromatic N) is 1. The first-order chi connectivity index (χ1) is 8.45. The fourth-order valence-electron chi connectivity index (χ4n) is 1.68. The second-order valence-corrected chi connectivity index (χ2v) is 3.98. The molecule has 2 rings (SSSR count). The first kappa shape index (κ1) is 12.4. The van der Waals surface area contributed by atoms with Gasteiger partial charge in [0.2, 0.25) is 0 Å². The molecule has 6 nitrogen and oxygen atoms in total. The lowest BCUT2D eigenvalue weighted by molar-refractivity contribution is -0.384. The molecule has 18 heavy (non-hydrogen) atoms. The van der Waals surface area contributed by atoms with Gasteiger partial charge in [0.15, 0.2) is 5.58 Å². The summed E-state index contributed by atoms with van der Waals surface area (Å²) in [7, 11) is 1.18. The van der Waals surface area contributed by atoms with Crippen LogP contribution in [0.2, 0.25) is 5.02 Å². The van der Waals surface area contributed by atoms with Crippen LogP contribution in [-0.4, -0.2) is 18.0 Å². The number of hydrogen-bond donors (Lipinski definition) is 0. The molecule has 0 amide bonds. The molecule has 0 aliphatic heterocycles. The van der Waals surface area contributed by atoms with Crippen molar-refractivity contribution in [1.29, 1.82) is 0 Å². The number of hydrogen-bond acceptors (Lipinski definition) is 5. The SMILES string of the molecule is COC(=O)c1cc([N+](=O)[O-])c(Cl)c2cc(C)oc12. The lowest BCUT2D eigenvalue weighted by Gasteiger charge is -2.02. The summed E-state index contributed by atoms with van der Waals surface area (Å²) in [6.45, 7) is 1.66. The van der Waals surface area contributed by atoms with Gasteiger partial charge in [0.05, 0.1) is 12.0 Å². The maximum absolute atomic E-state index is 11.6. The van der Waals surface area contributed by atoms with Crippen molar-refractivity contribution < 1.29 is 18.9 Å². The Kier molecular flexibility index (Phi) is 2.96. The van der Waals surface area contributed by atoms with Crippen LogP contribution in [0.5, 0.6) is 0 Å². The van der Waals surface area contributed by atoms with Crippen molar-refractivity contribution in [2.45, 2.75) is 6.92 Å². The van der Waals surface area contributed by atoms with Crippen molar-refractivity contribution in [3.8, 4) is 0 Å². The minimum absolute atomic E-state index is 0.0169. The molecule has 1 aromatic heterocycles. The summed E-state index contributed by atoms with van der Waals surface area (Å²) < 4.78 is 9.89. The first-order valence-electron chi connectivity index (χ1n) is 4.91. The fraction of sp³-hybridized carbons (Fsp3) is 0.182. The number of halogens is 1. The van der Waals surface area contributed by atoms with Gasteiger partial charge in [-0.3, -0.25) is 10.1 Å². The van der Waals surface area contributed by atoms with Crippen LogP contribution in [0, 0.1) is 17.0 Å². The zero-order valence-electron chi connectivity index (χ0n) is 9.52. The predicted octanol–water partition coefficient (Wildman–Crippen LogP) is 3.09. The van der Waals surface area contributed by atoms with E-state index in [0.717, 1.165) is 6.07 Å². The number of furan rings is 1. The standard InChI is InChI=1S/C11H8ClNO5/c1-5-3-6-9(12)8(13(15)16)4-7(10(6)18-5)11(14)17-2/h3-4H,1-2H3. The maximum atomic E-state index is 11.6. The van der Waals surface area contributed by atoms with E-state index in [0.29, 0.717) is 11.1 Å². The van der Waals surface area contributed by atoms with Gasteiger partial charge in [-0.05, 0) is 13.0 Å². The minimum atomic E-state index is -0.714. The first-order valence-corrected chi connectivity index (χ1v) is 5.29. The molecular formula is C11H8ClNO5. The Hall–Kier alpha value is -2.08. The Morgan fingerprint density at radius 3 is 2.72 bits per heavy atom. The van der Waals surface area contributed by atoms with Gasteiger partial charge >= 0.3 is 5.97 Å². The number of nitro benzene ring substituents is 1. The number of methoxy groups -OCH3 is 1. The van der Waals surface area contributed by atoms with Crippen molar-refractivity contribution in [3.63, 3.8) is 0 Å². The largest absolute Gasteiger partial charge is 0.465 e. The number of nitro groups is 1. The molecule has 2 aromatic rings. The molecule has 0 aliphatic carbocycles. The Morgan fingerprint density at radius 2 is 2.17 bits per heavy atom. The van der Waals surface area contributed by atoms with E-state index in [1.165, 1.54) is 13.2 Å². The molecule has 0 atom stereocenters. The molecule has 1 heterocycles. The van der Waals surface area contributed by atoms with Crippen LogP contribution in [0.25, 0.3) is 11.0 Å². The number of ether oxygens (including phenoxy) is 1. The highest BCUT2D eigenvalue weighted by atomic mass is 35.5. The number of benzene rings is 1. The van der Waals surface area contributed by atoms with Gasteiger partial charge < -0.3 is 9.15 Å². The molecule has 0 radical (unpaired) electrons. The molecule has 7 heteroatoms. The second-order valence-electron chi connectivity index (χ2n) is 3.61. The monoisotopic (exact) mass is 269 g/mol. The third-order valence-corrected chi connectivity index (χ3v) is 2.84. The molecule has 0 bridgehead atoms. The van der Waals surface area contributed by atoms with Gasteiger partial charge in [-0.15, -0.1) is 0 Å². The normalized spacial score (nSPS) is 10.6. The number of carbonyl (C=O) groups excluding carboxylic acids is 1. The average molecular weight is 270 g/mol. The molecule has 0 saturated heterocycles. The number of rotatable bonds is 2. The molecule has 0 saturated carbocycles. The van der Waals surface area contributed by atoms with Crippen LogP contribution in [0.3, 0.4) is 0 Å². The zero-order valence-corrected chi connectivity index (χ0v) is 10.3. The summed E-state index contributed by atoms with van der Waals surface area (Å²) >= 11 is 5.92. The van der Waals surface area contributed by atoms with Crippen molar-refractivity contribution in [3.05, 3.63) is 38.6 Å². The molecule has 0 spiro atoms. The highest BCUT2D eigenvalue weighted by Crippen LogP contribution is 2.37. The minimum Gasteiger partial charge on any atom is -0.465 e. The Balaban J connectivity index is 2.88. The molecule has 94 valence electrons. The summed E-state index contributed by atoms with van der Waals surface area (Å²) in [5, 5.41) is 11.1. The lowest BCUT2D eigenvalue weighted by atomic mass is 10.1. The van der Waals surface area contributed by atoms with Gasteiger partial charge in [-0.25, -0.2) is 4.79 Å². The zero-order chi connectivity index (χ0) is 13.4.